The normalized spacial score (nSPS) is 19.4. The molecule has 12 aromatic rings. The molecule has 17 nitrogen and oxygen atoms in total. The predicted octanol–water partition coefficient (Wildman–Crippen LogP) is 26.8. The predicted molar refractivity (Wildman–Crippen MR) is 603 cm³/mol. The lowest BCUT2D eigenvalue weighted by atomic mass is 9.47. The van der Waals surface area contributed by atoms with Crippen LogP contribution in [0.4, 0.5) is 5.69 Å². The van der Waals surface area contributed by atoms with E-state index < -0.39 is 35.5 Å². The standard InChI is InChI=1S/C23H33NO.C20H28N2O.C20H27NO3S.C20H27NO2S.C20H27NO2.C20H27NOS/c1-12-13(2)17-19-18(22(8,9)23(10,11)21(17,6)7)14(3)15(4)20(25)24(19)16(12)5;1-10-12(3)16-17-15(19(6,7)20(8,9)21-16)11(2)13(4)18(23)22(17)14(10)5;1-10-12(3)17-16-15(19(6,7)20(8,9)25(17,23)24)11(2)13(4)18(22)21(16)14(10)5;1-10-12(3)17-16-15(19(6,7)20(8,9)24(17)23)11(2)13(4)18(22)21(16)14(10)5;2*1-10-12(3)17-16-15(19(6,7)20(8,9)23-17)11(2)13(4)18(22)21(16)14(10)5/h1-11H3;21H,1-9H3;1-9H3;1-9H3;2*1-9H3. The Kier molecular flexibility index (Phi) is 26.2. The number of aryl methyl sites for hydroxylation is 6. The maximum atomic E-state index is 13.6. The molecule has 20 heteroatoms. The summed E-state index contributed by atoms with van der Waals surface area (Å²) >= 11 is 1.93. The van der Waals surface area contributed by atoms with Crippen LogP contribution in [0.1, 0.15) is 387 Å². The minimum atomic E-state index is -3.61. The molecular weight excluding hydrogens is 1830 g/mol. The summed E-state index contributed by atoms with van der Waals surface area (Å²) in [5.74, 6) is 0.868. The Balaban J connectivity index is 0.000000144. The molecule has 1 unspecified atom stereocenters. The number of nitrogens with one attached hydrogen (secondary N) is 1. The molecule has 0 aromatic carbocycles. The molecule has 6 aliphatic rings. The SMILES string of the molecule is Cc1c(C)c(=O)n2c(C)c(C)c(C)c3c2c1C(C)(C)C(C)(C)S3(=O)=O.Cc1c(C)c(C)n2c(=O)c(C)c(C)c3c2c1C(C)(C)C(C)(C)C3(C)C.Cc1c(C)c(C)n2c(=O)c(C)c(C)c3c2c1NC(C)(C)C3(C)C.Cc1c(C)c(C)n2c(=O)c(C)c(C)c3c2c1OC(C)(C)C3(C)C.Cc1c(C)c(C)n2c(=O)c(C)c(C)c3c2c1S(=O)C(C)(C)C3(C)C.Cc1c(C)c(C)n2c(=O)c(C)c(C)c3c2c1SC(C)(C)C3(C)C. The first-order valence-electron chi connectivity index (χ1n) is 51.4. The summed E-state index contributed by atoms with van der Waals surface area (Å²) in [6, 6.07) is 0. The fraction of sp³-hybridized carbons (Fsp3) is 0.561. The maximum absolute atomic E-state index is 13.6. The van der Waals surface area contributed by atoms with Gasteiger partial charge in [0.25, 0.3) is 33.4 Å². The van der Waals surface area contributed by atoms with Gasteiger partial charge < -0.3 is 10.1 Å². The Labute approximate surface area is 859 Å². The number of thioether (sulfide) groups is 1. The number of hydrogen-bond donors (Lipinski definition) is 1. The first kappa shape index (κ1) is 111. The van der Waals surface area contributed by atoms with E-state index in [1.54, 1.807) is 18.2 Å². The number of hydrogen-bond acceptors (Lipinski definition) is 12. The molecule has 1 aliphatic carbocycles. The van der Waals surface area contributed by atoms with E-state index in [4.69, 9.17) is 4.74 Å². The van der Waals surface area contributed by atoms with Crippen LogP contribution in [0.15, 0.2) is 43.5 Å². The van der Waals surface area contributed by atoms with E-state index in [2.05, 4.69) is 261 Å². The first-order valence-corrected chi connectivity index (χ1v) is 54.8. The van der Waals surface area contributed by atoms with Gasteiger partial charge in [0.05, 0.1) is 68.9 Å². The molecule has 774 valence electrons. The Bertz CT molecular complexity index is 7950. The van der Waals surface area contributed by atoms with Crippen LogP contribution in [-0.2, 0) is 58.5 Å². The van der Waals surface area contributed by atoms with E-state index in [1.165, 1.54) is 82.7 Å². The highest BCUT2D eigenvalue weighted by Crippen LogP contribution is 2.63. The van der Waals surface area contributed by atoms with Crippen LogP contribution >= 0.6 is 11.8 Å². The second-order valence-electron chi connectivity index (χ2n) is 50.5. The van der Waals surface area contributed by atoms with Crippen molar-refractivity contribution in [2.24, 2.45) is 5.41 Å². The average Bonchev–Trinajstić information content (AvgIpc) is 0.669. The van der Waals surface area contributed by atoms with Crippen LogP contribution in [-0.4, -0.2) is 64.4 Å². The molecule has 0 saturated carbocycles. The molecule has 18 rings (SSSR count). The van der Waals surface area contributed by atoms with Crippen molar-refractivity contribution in [1.82, 2.24) is 26.4 Å². The summed E-state index contributed by atoms with van der Waals surface area (Å²) in [6.07, 6.45) is 0. The van der Waals surface area contributed by atoms with Crippen LogP contribution in [0.5, 0.6) is 5.75 Å². The van der Waals surface area contributed by atoms with Crippen LogP contribution in [0.25, 0.3) is 33.1 Å². The summed E-state index contributed by atoms with van der Waals surface area (Å²) < 4.78 is 57.1. The molecule has 17 heterocycles. The number of nitrogens with zero attached hydrogens (tertiary/aromatic N) is 6. The highest BCUT2D eigenvalue weighted by molar-refractivity contribution is 8.01. The lowest BCUT2D eigenvalue weighted by Gasteiger charge is -2.57. The van der Waals surface area contributed by atoms with E-state index in [1.807, 2.05) is 151 Å². The minimum absolute atomic E-state index is 0.00734. The Morgan fingerprint density at radius 3 is 0.937 bits per heavy atom. The smallest absolute Gasteiger partial charge is 0.258 e. The molecule has 1 N–H and O–H groups in total. The maximum Gasteiger partial charge on any atom is 0.258 e. The third-order valence-corrected chi connectivity index (χ3v) is 48.4. The minimum Gasteiger partial charge on any atom is -0.484 e. The van der Waals surface area contributed by atoms with Crippen molar-refractivity contribution >= 4 is 71.2 Å². The van der Waals surface area contributed by atoms with E-state index in [9.17, 15) is 41.4 Å². The number of aromatic nitrogens is 6. The van der Waals surface area contributed by atoms with Gasteiger partial charge in [0, 0.05) is 110 Å². The molecule has 5 aliphatic heterocycles. The summed E-state index contributed by atoms with van der Waals surface area (Å²) in [4.78, 5) is 80.7. The van der Waals surface area contributed by atoms with Crippen molar-refractivity contribution in [3.63, 3.8) is 0 Å². The number of rotatable bonds is 0. The van der Waals surface area contributed by atoms with Crippen molar-refractivity contribution in [3.05, 3.63) is 269 Å². The van der Waals surface area contributed by atoms with Gasteiger partial charge in [-0.15, -0.1) is 11.8 Å². The molecule has 12 aromatic heterocycles. The summed E-state index contributed by atoms with van der Waals surface area (Å²) in [5.41, 5.74) is 45.3. The van der Waals surface area contributed by atoms with Crippen molar-refractivity contribution < 1.29 is 17.4 Å². The van der Waals surface area contributed by atoms with E-state index in [-0.39, 0.29) is 87.1 Å². The molecule has 0 saturated heterocycles. The average molecular weight is 2000 g/mol. The van der Waals surface area contributed by atoms with Gasteiger partial charge >= 0.3 is 0 Å². The van der Waals surface area contributed by atoms with Gasteiger partial charge in [-0.3, -0.25) is 59.4 Å². The molecule has 0 bridgehead atoms. The molecule has 0 amide bonds. The molecule has 0 fully saturated rings. The molecule has 0 spiro atoms. The third kappa shape index (κ3) is 14.2. The van der Waals surface area contributed by atoms with E-state index in [0.717, 1.165) is 167 Å². The monoisotopic (exact) mass is 2000 g/mol. The zero-order valence-electron chi connectivity index (χ0n) is 98.0. The van der Waals surface area contributed by atoms with Crippen LogP contribution in [0.3, 0.4) is 0 Å². The van der Waals surface area contributed by atoms with Gasteiger partial charge in [-0.1, -0.05) is 111 Å². The zero-order valence-corrected chi connectivity index (χ0v) is 100. The number of anilines is 1. The highest BCUT2D eigenvalue weighted by Gasteiger charge is 2.60. The molecule has 0 radical (unpaired) electrons. The Hall–Kier alpha value is -9.37. The van der Waals surface area contributed by atoms with Crippen LogP contribution in [0, 0.1) is 213 Å². The van der Waals surface area contributed by atoms with Crippen molar-refractivity contribution in [2.45, 2.75) is 466 Å². The summed E-state index contributed by atoms with van der Waals surface area (Å²) in [6.45, 7) is 118. The van der Waals surface area contributed by atoms with Gasteiger partial charge in [-0.2, -0.15) is 0 Å². The van der Waals surface area contributed by atoms with Crippen LogP contribution in [0.2, 0.25) is 0 Å². The highest BCUT2D eigenvalue weighted by atomic mass is 32.2. The summed E-state index contributed by atoms with van der Waals surface area (Å²) in [7, 11) is -4.79. The van der Waals surface area contributed by atoms with Gasteiger partial charge in [-0.25, -0.2) is 8.42 Å². The van der Waals surface area contributed by atoms with Crippen LogP contribution < -0.4 is 43.4 Å². The van der Waals surface area contributed by atoms with Gasteiger partial charge in [0.2, 0.25) is 0 Å². The lowest BCUT2D eigenvalue weighted by Crippen LogP contribution is -2.54. The van der Waals surface area contributed by atoms with Crippen molar-refractivity contribution in [2.75, 3.05) is 5.32 Å². The quantitative estimate of drug-likeness (QED) is 0.151. The number of ether oxygens (including phenoxy) is 1. The van der Waals surface area contributed by atoms with E-state index >= 15 is 0 Å². The Morgan fingerprint density at radius 2 is 0.545 bits per heavy atom. The van der Waals surface area contributed by atoms with E-state index in [0.29, 0.717) is 16.0 Å². The molecule has 143 heavy (non-hydrogen) atoms. The molecular formula is C123H169N7O10S3. The lowest BCUT2D eigenvalue weighted by molar-refractivity contribution is 0.0286. The van der Waals surface area contributed by atoms with Gasteiger partial charge in [0.1, 0.15) is 11.4 Å². The fourth-order valence-electron chi connectivity index (χ4n) is 25.0. The second kappa shape index (κ2) is 33.8. The zero-order chi connectivity index (χ0) is 109. The van der Waals surface area contributed by atoms with Crippen molar-refractivity contribution in [3.8, 4) is 5.75 Å². The third-order valence-electron chi connectivity index (χ3n) is 41.4. The Morgan fingerprint density at radius 1 is 0.266 bits per heavy atom. The molecule has 1 atom stereocenters. The van der Waals surface area contributed by atoms with Crippen molar-refractivity contribution in [1.29, 1.82) is 0 Å². The first-order chi connectivity index (χ1) is 64.6. The summed E-state index contributed by atoms with van der Waals surface area (Å²) in [5, 5.41) is 3.74. The topological polar surface area (TPSA) is 201 Å². The fourth-order valence-corrected chi connectivity index (χ4v) is 30.6. The number of sulfone groups is 1. The van der Waals surface area contributed by atoms with Gasteiger partial charge in [0.15, 0.2) is 9.84 Å². The number of pyridine rings is 12. The second-order valence-corrected chi connectivity index (χ2v) is 56.6. The largest absolute Gasteiger partial charge is 0.484 e. The van der Waals surface area contributed by atoms with Gasteiger partial charge in [-0.05, 0) is 432 Å².